The summed E-state index contributed by atoms with van der Waals surface area (Å²) in [6.07, 6.45) is 2.78. The van der Waals surface area contributed by atoms with Gasteiger partial charge in [-0.05, 0) is 58.7 Å². The van der Waals surface area contributed by atoms with Crippen LogP contribution in [-0.2, 0) is 35.2 Å². The van der Waals surface area contributed by atoms with Crippen LogP contribution in [0, 0.1) is 18.3 Å². The molecule has 3 atom stereocenters. The van der Waals surface area contributed by atoms with Crippen LogP contribution in [0.5, 0.6) is 5.75 Å². The Balaban J connectivity index is 1.52. The van der Waals surface area contributed by atoms with Crippen molar-refractivity contribution in [3.8, 4) is 16.9 Å². The number of cyclic esters (lactones) is 1. The molecule has 1 unspecified atom stereocenters. The van der Waals surface area contributed by atoms with E-state index in [4.69, 9.17) is 18.9 Å². The first-order valence-electron chi connectivity index (χ1n) is 15.1. The van der Waals surface area contributed by atoms with E-state index in [2.05, 4.69) is 11.4 Å². The summed E-state index contributed by atoms with van der Waals surface area (Å²) in [7, 11) is 1.64. The number of amides is 1. The molecule has 45 heavy (non-hydrogen) atoms. The van der Waals surface area contributed by atoms with Gasteiger partial charge in [0, 0.05) is 13.8 Å². The average Bonchev–Trinajstić information content (AvgIpc) is 3.27. The van der Waals surface area contributed by atoms with Gasteiger partial charge in [-0.1, -0.05) is 93.6 Å². The number of nitrogens with one attached hydrogen (secondary N) is 1. The summed E-state index contributed by atoms with van der Waals surface area (Å²) in [5.41, 5.74) is 4.32. The van der Waals surface area contributed by atoms with Crippen molar-refractivity contribution in [2.45, 2.75) is 72.5 Å². The Morgan fingerprint density at radius 3 is 2.38 bits per heavy atom. The van der Waals surface area contributed by atoms with E-state index in [-0.39, 0.29) is 13.0 Å². The van der Waals surface area contributed by atoms with E-state index < -0.39 is 47.1 Å². The first kappa shape index (κ1) is 33.5. The topological polar surface area (TPSA) is 100 Å². The highest BCUT2D eigenvalue weighted by Crippen LogP contribution is 2.32. The zero-order valence-corrected chi connectivity index (χ0v) is 27.1. The fourth-order valence-corrected chi connectivity index (χ4v) is 5.24. The normalized spacial score (nSPS) is 17.4. The molecular weight excluding hydrogens is 570 g/mol. The Bertz CT molecular complexity index is 1540. The highest BCUT2D eigenvalue weighted by molar-refractivity contribution is 5.91. The lowest BCUT2D eigenvalue weighted by atomic mass is 9.85. The van der Waals surface area contributed by atoms with E-state index >= 15 is 0 Å². The van der Waals surface area contributed by atoms with Crippen LogP contribution < -0.4 is 10.1 Å². The molecule has 1 saturated heterocycles. The van der Waals surface area contributed by atoms with Gasteiger partial charge in [0.15, 0.2) is 6.10 Å². The Labute approximate surface area is 265 Å². The lowest BCUT2D eigenvalue weighted by Gasteiger charge is -2.31. The second kappa shape index (κ2) is 14.1. The van der Waals surface area contributed by atoms with Crippen LogP contribution in [0.25, 0.3) is 17.2 Å². The van der Waals surface area contributed by atoms with Crippen LogP contribution in [-0.4, -0.2) is 42.9 Å². The molecule has 0 aliphatic carbocycles. The van der Waals surface area contributed by atoms with Gasteiger partial charge in [0.2, 0.25) is 11.7 Å². The van der Waals surface area contributed by atoms with Crippen LogP contribution in [0.15, 0.2) is 78.9 Å². The first-order valence-corrected chi connectivity index (χ1v) is 15.1. The Morgan fingerprint density at radius 2 is 1.76 bits per heavy atom. The summed E-state index contributed by atoms with van der Waals surface area (Å²) in [5, 5.41) is 2.87. The monoisotopic (exact) mass is 613 g/mol. The molecule has 0 aromatic heterocycles. The van der Waals surface area contributed by atoms with E-state index in [9.17, 15) is 14.4 Å². The molecule has 1 fully saturated rings. The zero-order chi connectivity index (χ0) is 32.8. The summed E-state index contributed by atoms with van der Waals surface area (Å²) < 4.78 is 22.2. The Kier molecular flexibility index (Phi) is 10.5. The number of ether oxygens (including phenoxy) is 4. The van der Waals surface area contributed by atoms with E-state index in [0.717, 1.165) is 33.6 Å². The molecule has 0 saturated carbocycles. The van der Waals surface area contributed by atoms with Crippen LogP contribution in [0.2, 0.25) is 0 Å². The molecular formula is C37H43NO7. The molecule has 8 heteroatoms. The lowest BCUT2D eigenvalue weighted by Crippen LogP contribution is -2.53. The number of esters is 2. The van der Waals surface area contributed by atoms with Crippen molar-refractivity contribution >= 4 is 23.9 Å². The molecule has 3 aromatic rings. The van der Waals surface area contributed by atoms with Gasteiger partial charge >= 0.3 is 11.9 Å². The van der Waals surface area contributed by atoms with Gasteiger partial charge in [-0.15, -0.1) is 0 Å². The molecule has 1 heterocycles. The number of rotatable bonds is 11. The largest absolute Gasteiger partial charge is 0.497 e. The maximum atomic E-state index is 13.8. The van der Waals surface area contributed by atoms with Gasteiger partial charge in [-0.3, -0.25) is 4.79 Å². The van der Waals surface area contributed by atoms with Gasteiger partial charge in [0.25, 0.3) is 0 Å². The number of carbonyl (C=O) groups excluding carboxylic acids is 3. The van der Waals surface area contributed by atoms with Gasteiger partial charge in [0.1, 0.15) is 18.4 Å². The van der Waals surface area contributed by atoms with Crippen molar-refractivity contribution in [3.05, 3.63) is 95.6 Å². The second-order valence-electron chi connectivity index (χ2n) is 12.8. The van der Waals surface area contributed by atoms with Crippen LogP contribution in [0.4, 0.5) is 0 Å². The fourth-order valence-electron chi connectivity index (χ4n) is 5.24. The van der Waals surface area contributed by atoms with Gasteiger partial charge in [0.05, 0.1) is 13.0 Å². The quantitative estimate of drug-likeness (QED) is 0.242. The predicted molar refractivity (Wildman–Crippen MR) is 173 cm³/mol. The summed E-state index contributed by atoms with van der Waals surface area (Å²) >= 11 is 0. The van der Waals surface area contributed by atoms with E-state index in [1.165, 1.54) is 0 Å². The third kappa shape index (κ3) is 8.82. The number of carbonyl (C=O) groups is 3. The van der Waals surface area contributed by atoms with Gasteiger partial charge in [-0.25, -0.2) is 9.59 Å². The maximum absolute atomic E-state index is 13.8. The smallest absolute Gasteiger partial charge is 0.338 e. The van der Waals surface area contributed by atoms with E-state index in [1.54, 1.807) is 21.0 Å². The highest BCUT2D eigenvalue weighted by atomic mass is 16.8. The minimum atomic E-state index is -1.17. The van der Waals surface area contributed by atoms with Gasteiger partial charge in [-0.2, -0.15) is 0 Å². The number of methoxy groups -OCH3 is 1. The molecule has 0 radical (unpaired) electrons. The number of allylic oxidation sites excluding steroid dienone is 1. The molecule has 8 nitrogen and oxygen atoms in total. The minimum Gasteiger partial charge on any atom is -0.497 e. The highest BCUT2D eigenvalue weighted by Gasteiger charge is 2.48. The molecule has 1 aliphatic heterocycles. The molecule has 1 N–H and O–H groups in total. The first-order chi connectivity index (χ1) is 21.3. The standard InChI is InChI=1S/C37H43NO7/c1-24-21-25(19-20-29(24)27-16-12-17-28(22-27)42-7)15-11-18-30(31-34(40)45-37(5,6)44-31)33(39)38-32(36(2,3)4)35(41)43-23-26-13-9-8-10-14-26/h8-17,19-22,30-32H,18,23H2,1-7H3,(H,38,39)/t30-,31?,32-/m1/s1. The number of hydrogen-bond acceptors (Lipinski definition) is 7. The number of hydrogen-bond donors (Lipinski definition) is 1. The maximum Gasteiger partial charge on any atom is 0.338 e. The molecule has 1 aliphatic rings. The Hall–Kier alpha value is -4.43. The fraction of sp³-hybridized carbons (Fsp3) is 0.378. The summed E-state index contributed by atoms with van der Waals surface area (Å²) in [4.78, 5) is 39.9. The number of aryl methyl sites for hydroxylation is 1. The van der Waals surface area contributed by atoms with E-state index in [0.29, 0.717) is 0 Å². The minimum absolute atomic E-state index is 0.0799. The third-order valence-electron chi connectivity index (χ3n) is 7.64. The molecule has 238 valence electrons. The zero-order valence-electron chi connectivity index (χ0n) is 27.1. The van der Waals surface area contributed by atoms with Crippen molar-refractivity contribution in [2.24, 2.45) is 11.3 Å². The van der Waals surface area contributed by atoms with Crippen molar-refractivity contribution in [2.75, 3.05) is 7.11 Å². The molecule has 0 bridgehead atoms. The van der Waals surface area contributed by atoms with E-state index in [1.807, 2.05) is 107 Å². The van der Waals surface area contributed by atoms with Crippen molar-refractivity contribution in [1.82, 2.24) is 5.32 Å². The Morgan fingerprint density at radius 1 is 1.02 bits per heavy atom. The lowest BCUT2D eigenvalue weighted by molar-refractivity contribution is -0.162. The van der Waals surface area contributed by atoms with Crippen molar-refractivity contribution in [3.63, 3.8) is 0 Å². The number of benzene rings is 3. The second-order valence-corrected chi connectivity index (χ2v) is 12.8. The average molecular weight is 614 g/mol. The summed E-state index contributed by atoms with van der Waals surface area (Å²) in [6, 6.07) is 22.4. The SMILES string of the molecule is COc1cccc(-c2ccc(C=CC[C@@H](C(=O)N[C@H](C(=O)OCc3ccccc3)C(C)(C)C)C3OC(C)(C)OC3=O)cc2C)c1. The molecule has 0 spiro atoms. The van der Waals surface area contributed by atoms with Crippen LogP contribution in [0.1, 0.15) is 57.7 Å². The predicted octanol–water partition coefficient (Wildman–Crippen LogP) is 6.64. The third-order valence-corrected chi connectivity index (χ3v) is 7.64. The molecule has 3 aromatic carbocycles. The molecule has 4 rings (SSSR count). The van der Waals surface area contributed by atoms with Gasteiger partial charge < -0.3 is 24.3 Å². The summed E-state index contributed by atoms with van der Waals surface area (Å²) in [5.74, 6) is -3.01. The van der Waals surface area contributed by atoms with Crippen LogP contribution >= 0.6 is 0 Å². The summed E-state index contributed by atoms with van der Waals surface area (Å²) in [6.45, 7) is 10.9. The van der Waals surface area contributed by atoms with Crippen molar-refractivity contribution < 1.29 is 33.3 Å². The van der Waals surface area contributed by atoms with Crippen LogP contribution in [0.3, 0.4) is 0 Å². The molecule has 1 amide bonds. The van der Waals surface area contributed by atoms with Crippen molar-refractivity contribution in [1.29, 1.82) is 0 Å².